The Balaban J connectivity index is 2.26. The van der Waals surface area contributed by atoms with Crippen LogP contribution < -0.4 is 0 Å². The molecular formula is C12H22O2. The zero-order valence-electron chi connectivity index (χ0n) is 9.42. The van der Waals surface area contributed by atoms with Gasteiger partial charge in [-0.2, -0.15) is 0 Å². The number of hydrogen-bond donors (Lipinski definition) is 0. The smallest absolute Gasteiger partial charge is 0.158 e. The van der Waals surface area contributed by atoms with E-state index in [1.807, 2.05) is 0 Å². The summed E-state index contributed by atoms with van der Waals surface area (Å²) in [5.41, 5.74) is 0. The van der Waals surface area contributed by atoms with E-state index in [0.29, 0.717) is 12.5 Å². The summed E-state index contributed by atoms with van der Waals surface area (Å²) < 4.78 is 4.85. The van der Waals surface area contributed by atoms with E-state index < -0.39 is 0 Å². The second-order valence-electron chi connectivity index (χ2n) is 4.48. The Hall–Kier alpha value is -0.370. The molecule has 0 bridgehead atoms. The van der Waals surface area contributed by atoms with Crippen molar-refractivity contribution in [2.45, 2.75) is 45.4 Å². The van der Waals surface area contributed by atoms with Crippen molar-refractivity contribution in [3.05, 3.63) is 0 Å². The van der Waals surface area contributed by atoms with Gasteiger partial charge in [-0.25, -0.2) is 0 Å². The molecule has 1 aliphatic carbocycles. The number of hydrogen-bond acceptors (Lipinski definition) is 2. The molecule has 0 radical (unpaired) electrons. The molecule has 1 saturated carbocycles. The largest absolute Gasteiger partial charge is 0.377 e. The monoisotopic (exact) mass is 198 g/mol. The van der Waals surface area contributed by atoms with Crippen molar-refractivity contribution in [2.75, 3.05) is 13.7 Å². The van der Waals surface area contributed by atoms with Gasteiger partial charge in [-0.15, -0.1) is 0 Å². The van der Waals surface area contributed by atoms with Crippen LogP contribution in [0.3, 0.4) is 0 Å². The standard InChI is InChI=1S/C12H22O2/c1-3-10-5-4-6-11(7-10)8-12(13)9-14-2/h10-11H,3-9H2,1-2H3. The second-order valence-corrected chi connectivity index (χ2v) is 4.48. The first kappa shape index (κ1) is 11.7. The Kier molecular flexibility index (Phi) is 5.16. The van der Waals surface area contributed by atoms with E-state index in [2.05, 4.69) is 6.92 Å². The van der Waals surface area contributed by atoms with Crippen LogP contribution in [0.1, 0.15) is 45.4 Å². The van der Waals surface area contributed by atoms with Crippen LogP contribution in [-0.4, -0.2) is 19.5 Å². The normalized spacial score (nSPS) is 27.6. The third kappa shape index (κ3) is 3.79. The molecule has 0 heterocycles. The van der Waals surface area contributed by atoms with Crippen LogP contribution in [0.4, 0.5) is 0 Å². The van der Waals surface area contributed by atoms with Gasteiger partial charge in [0.2, 0.25) is 0 Å². The number of ether oxygens (including phenoxy) is 1. The van der Waals surface area contributed by atoms with Crippen molar-refractivity contribution < 1.29 is 9.53 Å². The van der Waals surface area contributed by atoms with Gasteiger partial charge in [0.25, 0.3) is 0 Å². The van der Waals surface area contributed by atoms with Crippen LogP contribution in [0.5, 0.6) is 0 Å². The minimum Gasteiger partial charge on any atom is -0.377 e. The summed E-state index contributed by atoms with van der Waals surface area (Å²) in [6.07, 6.45) is 7.19. The van der Waals surface area contributed by atoms with Gasteiger partial charge in [-0.05, 0) is 18.3 Å². The average Bonchev–Trinajstić information content (AvgIpc) is 2.18. The predicted molar refractivity (Wildman–Crippen MR) is 57.2 cm³/mol. The van der Waals surface area contributed by atoms with Gasteiger partial charge in [-0.1, -0.05) is 32.6 Å². The van der Waals surface area contributed by atoms with E-state index in [1.165, 1.54) is 32.1 Å². The van der Waals surface area contributed by atoms with Crippen LogP contribution in [0.25, 0.3) is 0 Å². The third-order valence-corrected chi connectivity index (χ3v) is 3.29. The molecule has 2 nitrogen and oxygen atoms in total. The molecule has 0 aromatic heterocycles. The Labute approximate surface area is 87.0 Å². The van der Waals surface area contributed by atoms with E-state index in [0.717, 1.165) is 12.3 Å². The van der Waals surface area contributed by atoms with Crippen LogP contribution in [0.15, 0.2) is 0 Å². The van der Waals surface area contributed by atoms with E-state index in [4.69, 9.17) is 4.74 Å². The van der Waals surface area contributed by atoms with Gasteiger partial charge in [0.15, 0.2) is 5.78 Å². The molecule has 2 heteroatoms. The molecule has 1 fully saturated rings. The molecule has 0 aliphatic heterocycles. The minimum atomic E-state index is 0.272. The van der Waals surface area contributed by atoms with Gasteiger partial charge in [0.05, 0.1) is 0 Å². The molecule has 1 rings (SSSR count). The van der Waals surface area contributed by atoms with E-state index >= 15 is 0 Å². The van der Waals surface area contributed by atoms with Crippen LogP contribution in [0, 0.1) is 11.8 Å². The summed E-state index contributed by atoms with van der Waals surface area (Å²) in [6, 6.07) is 0. The Morgan fingerprint density at radius 3 is 2.71 bits per heavy atom. The maximum atomic E-state index is 11.4. The highest BCUT2D eigenvalue weighted by Gasteiger charge is 2.22. The molecule has 0 N–H and O–H groups in total. The summed E-state index contributed by atoms with van der Waals surface area (Å²) in [6.45, 7) is 2.55. The molecule has 2 unspecified atom stereocenters. The highest BCUT2D eigenvalue weighted by molar-refractivity contribution is 5.79. The van der Waals surface area contributed by atoms with E-state index in [1.54, 1.807) is 7.11 Å². The summed E-state index contributed by atoms with van der Waals surface area (Å²) in [5.74, 6) is 1.77. The lowest BCUT2D eigenvalue weighted by Gasteiger charge is -2.27. The average molecular weight is 198 g/mol. The fourth-order valence-corrected chi connectivity index (χ4v) is 2.50. The number of ketones is 1. The zero-order chi connectivity index (χ0) is 10.4. The number of methoxy groups -OCH3 is 1. The van der Waals surface area contributed by atoms with Gasteiger partial charge in [-0.3, -0.25) is 4.79 Å². The number of Topliss-reactive ketones (excluding diaryl/α,β-unsaturated/α-hetero) is 1. The number of carbonyl (C=O) groups is 1. The molecular weight excluding hydrogens is 176 g/mol. The highest BCUT2D eigenvalue weighted by atomic mass is 16.5. The Morgan fingerprint density at radius 1 is 1.36 bits per heavy atom. The van der Waals surface area contributed by atoms with Crippen molar-refractivity contribution in [3.63, 3.8) is 0 Å². The van der Waals surface area contributed by atoms with Crippen molar-refractivity contribution in [3.8, 4) is 0 Å². The molecule has 2 atom stereocenters. The first-order chi connectivity index (χ1) is 6.76. The van der Waals surface area contributed by atoms with Crippen LogP contribution in [-0.2, 0) is 9.53 Å². The molecule has 0 aromatic rings. The summed E-state index contributed by atoms with van der Waals surface area (Å²) in [5, 5.41) is 0. The number of carbonyl (C=O) groups excluding carboxylic acids is 1. The van der Waals surface area contributed by atoms with Crippen molar-refractivity contribution >= 4 is 5.78 Å². The summed E-state index contributed by atoms with van der Waals surface area (Å²) in [4.78, 5) is 11.4. The topological polar surface area (TPSA) is 26.3 Å². The fraction of sp³-hybridized carbons (Fsp3) is 0.917. The van der Waals surface area contributed by atoms with Crippen molar-refractivity contribution in [2.24, 2.45) is 11.8 Å². The molecule has 14 heavy (non-hydrogen) atoms. The molecule has 0 saturated heterocycles. The summed E-state index contributed by atoms with van der Waals surface area (Å²) in [7, 11) is 1.59. The lowest BCUT2D eigenvalue weighted by Crippen LogP contribution is -2.19. The van der Waals surface area contributed by atoms with Gasteiger partial charge in [0, 0.05) is 13.5 Å². The van der Waals surface area contributed by atoms with Gasteiger partial charge < -0.3 is 4.74 Å². The molecule has 0 aromatic carbocycles. The van der Waals surface area contributed by atoms with E-state index in [9.17, 15) is 4.79 Å². The second kappa shape index (κ2) is 6.18. The molecule has 1 aliphatic rings. The maximum Gasteiger partial charge on any atom is 0.158 e. The Morgan fingerprint density at radius 2 is 2.07 bits per heavy atom. The highest BCUT2D eigenvalue weighted by Crippen LogP contribution is 2.32. The SMILES string of the molecule is CCC1CCCC(CC(=O)COC)C1. The number of rotatable bonds is 5. The third-order valence-electron chi connectivity index (χ3n) is 3.29. The molecule has 82 valence electrons. The maximum absolute atomic E-state index is 11.4. The van der Waals surface area contributed by atoms with Crippen LogP contribution in [0.2, 0.25) is 0 Å². The summed E-state index contributed by atoms with van der Waals surface area (Å²) >= 11 is 0. The van der Waals surface area contributed by atoms with Crippen molar-refractivity contribution in [1.82, 2.24) is 0 Å². The first-order valence-electron chi connectivity index (χ1n) is 5.76. The van der Waals surface area contributed by atoms with E-state index in [-0.39, 0.29) is 5.78 Å². The predicted octanol–water partition coefficient (Wildman–Crippen LogP) is 2.81. The van der Waals surface area contributed by atoms with Crippen LogP contribution >= 0.6 is 0 Å². The molecule has 0 spiro atoms. The quantitative estimate of drug-likeness (QED) is 0.679. The fourth-order valence-electron chi connectivity index (χ4n) is 2.50. The van der Waals surface area contributed by atoms with Crippen molar-refractivity contribution in [1.29, 1.82) is 0 Å². The zero-order valence-corrected chi connectivity index (χ0v) is 9.42. The van der Waals surface area contributed by atoms with Gasteiger partial charge >= 0.3 is 0 Å². The minimum absolute atomic E-state index is 0.272. The first-order valence-corrected chi connectivity index (χ1v) is 5.76. The molecule has 0 amide bonds. The lowest BCUT2D eigenvalue weighted by molar-refractivity contribution is -0.123. The van der Waals surface area contributed by atoms with Gasteiger partial charge in [0.1, 0.15) is 6.61 Å². The lowest BCUT2D eigenvalue weighted by atomic mass is 9.78. The Bertz CT molecular complexity index is 177.